The molecule has 4 aliphatic heterocycles. The van der Waals surface area contributed by atoms with Gasteiger partial charge in [-0.25, -0.2) is 4.79 Å². The Morgan fingerprint density at radius 2 is 1.19 bits per heavy atom. The maximum Gasteiger partial charge on any atom is 0.410 e. The van der Waals surface area contributed by atoms with Gasteiger partial charge in [0.2, 0.25) is 17.7 Å². The molecular formula is C56H80N8O19. The van der Waals surface area contributed by atoms with Crippen LogP contribution in [0, 0.1) is 11.8 Å². The highest BCUT2D eigenvalue weighted by Crippen LogP contribution is 2.26. The normalized spacial score (nSPS) is 17.5. The van der Waals surface area contributed by atoms with Crippen LogP contribution in [0.3, 0.4) is 0 Å². The number of methoxy groups -OCH3 is 2. The number of aliphatic hydroxyl groups is 2. The fraction of sp³-hybridized carbons (Fsp3) is 0.571. The second-order valence-electron chi connectivity index (χ2n) is 21.8. The summed E-state index contributed by atoms with van der Waals surface area (Å²) in [6.07, 6.45) is 0.0723. The lowest BCUT2D eigenvalue weighted by Crippen LogP contribution is -2.51. The van der Waals surface area contributed by atoms with E-state index in [0.29, 0.717) is 43.5 Å². The number of aliphatic carboxylic acids is 1. The number of amides is 8. The molecule has 458 valence electrons. The standard InChI is InChI=1S/C28H38N4O9.C16H20N2O5.C7H12N2O3.C5H10O2/c1-17(21(33)15-32-25(37)18-9-6-7-10-19(18)26(32)38)14-30(16-23(35)40-5)22(34)13-29-24(36)20-11-8-12-31(20)27(39)41-28(2,3)4;1-10(7-17-8-14(20)23-2)13(19)9-18-15(21)11-5-3-4-6-12(11)16(18)22;10-6(11)4-9-7(12)5-2-1-3-8-5;1-5(2,3)7-4-6/h6-7,9-10,17,20-21,33H,8,11-16H2,1-5H3,(H,29,36);3-6,10,13,17,19H,7-9H2,1-2H3;5,8H,1-4H2,(H,9,12)(H,10,11);4H,1-3H3/t17-,20+,21+;10-,13+;5-;/m110./s1. The minimum Gasteiger partial charge on any atom is -0.480 e. The molecule has 2 aromatic rings. The zero-order valence-corrected chi connectivity index (χ0v) is 48.7. The van der Waals surface area contributed by atoms with Crippen LogP contribution in [0.15, 0.2) is 48.5 Å². The number of aliphatic hydroxyl groups excluding tert-OH is 2. The quantitative estimate of drug-likeness (QED) is 0.0392. The fourth-order valence-corrected chi connectivity index (χ4v) is 8.41. The molecule has 4 aliphatic rings. The van der Waals surface area contributed by atoms with Crippen molar-refractivity contribution in [3.8, 4) is 0 Å². The molecule has 0 aliphatic carbocycles. The van der Waals surface area contributed by atoms with Gasteiger partial charge < -0.3 is 60.4 Å². The van der Waals surface area contributed by atoms with Gasteiger partial charge in [0.25, 0.3) is 30.1 Å². The van der Waals surface area contributed by atoms with E-state index in [9.17, 15) is 67.7 Å². The van der Waals surface area contributed by atoms with E-state index in [1.165, 1.54) is 31.3 Å². The number of carbonyl (C=O) groups excluding carboxylic acids is 11. The Morgan fingerprint density at radius 1 is 0.699 bits per heavy atom. The molecule has 4 heterocycles. The van der Waals surface area contributed by atoms with Crippen molar-refractivity contribution in [1.82, 2.24) is 40.9 Å². The number of nitrogens with one attached hydrogen (secondary N) is 4. The number of ether oxygens (including phenoxy) is 4. The van der Waals surface area contributed by atoms with Crippen LogP contribution in [-0.2, 0) is 52.5 Å². The van der Waals surface area contributed by atoms with Crippen LogP contribution in [0.25, 0.3) is 0 Å². The lowest BCUT2D eigenvalue weighted by molar-refractivity contribution is -0.147. The third-order valence-electron chi connectivity index (χ3n) is 13.0. The number of imide groups is 2. The number of nitrogens with zero attached hydrogens (tertiary/aromatic N) is 4. The lowest BCUT2D eigenvalue weighted by Gasteiger charge is -2.30. The topological polar surface area (TPSA) is 364 Å². The number of carbonyl (C=O) groups is 12. The maximum absolute atomic E-state index is 13.1. The number of likely N-dealkylation sites (tertiary alicyclic amines) is 1. The third-order valence-corrected chi connectivity index (χ3v) is 13.0. The number of benzene rings is 2. The Labute approximate surface area is 482 Å². The SMILES string of the molecule is CC(C)(C)OC=O.COC(=O)CN(C[C@@H](C)[C@@H](O)CN1C(=O)c2ccccc2C1=O)C(=O)CNC(=O)[C@@H]1CCCN1C(=O)OC(C)(C)C.COC(=O)CNC[C@@H](C)[C@@H](O)CN1C(=O)c2ccccc2C1=O.O=C(O)CNC(=O)[C@@H]1CCCN1. The van der Waals surface area contributed by atoms with Crippen LogP contribution in [0.4, 0.5) is 4.79 Å². The van der Waals surface area contributed by atoms with Gasteiger partial charge in [0.05, 0.1) is 80.9 Å². The second-order valence-corrected chi connectivity index (χ2v) is 21.8. The third kappa shape index (κ3) is 22.1. The number of carboxylic acid groups (broad SMARTS) is 1. The molecule has 0 radical (unpaired) electrons. The largest absolute Gasteiger partial charge is 0.480 e. The zero-order valence-electron chi connectivity index (χ0n) is 48.7. The van der Waals surface area contributed by atoms with Gasteiger partial charge in [-0.15, -0.1) is 0 Å². The van der Waals surface area contributed by atoms with E-state index in [4.69, 9.17) is 14.6 Å². The summed E-state index contributed by atoms with van der Waals surface area (Å²) in [4.78, 5) is 147. The molecular weight excluding hydrogens is 1090 g/mol. The highest BCUT2D eigenvalue weighted by atomic mass is 16.6. The summed E-state index contributed by atoms with van der Waals surface area (Å²) in [5, 5.41) is 40.0. The van der Waals surface area contributed by atoms with Crippen molar-refractivity contribution >= 4 is 71.8 Å². The number of esters is 2. The highest BCUT2D eigenvalue weighted by molar-refractivity contribution is 6.22. The molecule has 0 bridgehead atoms. The van der Waals surface area contributed by atoms with Crippen LogP contribution >= 0.6 is 0 Å². The van der Waals surface area contributed by atoms with Gasteiger partial charge in [-0.3, -0.25) is 67.4 Å². The molecule has 6 rings (SSSR count). The zero-order chi connectivity index (χ0) is 62.4. The molecule has 2 saturated heterocycles. The van der Waals surface area contributed by atoms with Crippen LogP contribution in [-0.4, -0.2) is 222 Å². The Kier molecular flexibility index (Phi) is 27.3. The van der Waals surface area contributed by atoms with E-state index in [2.05, 4.69) is 30.7 Å². The smallest absolute Gasteiger partial charge is 0.410 e. The summed E-state index contributed by atoms with van der Waals surface area (Å²) in [6.45, 7) is 14.4. The predicted octanol–water partition coefficient (Wildman–Crippen LogP) is 0.736. The molecule has 27 nitrogen and oxygen atoms in total. The first-order chi connectivity index (χ1) is 38.9. The van der Waals surface area contributed by atoms with Crippen molar-refractivity contribution in [3.63, 3.8) is 0 Å². The summed E-state index contributed by atoms with van der Waals surface area (Å²) >= 11 is 0. The Balaban J connectivity index is 0.000000355. The first kappa shape index (κ1) is 69.4. The molecule has 0 spiro atoms. The van der Waals surface area contributed by atoms with Crippen LogP contribution < -0.4 is 21.3 Å². The minimum absolute atomic E-state index is 0.0422. The van der Waals surface area contributed by atoms with E-state index in [-0.39, 0.29) is 79.1 Å². The van der Waals surface area contributed by atoms with E-state index >= 15 is 0 Å². The average molecular weight is 1170 g/mol. The summed E-state index contributed by atoms with van der Waals surface area (Å²) < 4.78 is 19.1. The molecule has 6 atom stereocenters. The van der Waals surface area contributed by atoms with Crippen molar-refractivity contribution in [3.05, 3.63) is 70.8 Å². The van der Waals surface area contributed by atoms with E-state index in [1.54, 1.807) is 71.0 Å². The number of β-amino-alcohol motifs (C(OH)–C–C–N with tert-alkyl or cyclic N) is 2. The Bertz CT molecular complexity index is 2560. The number of rotatable bonds is 21. The van der Waals surface area contributed by atoms with E-state index < -0.39 is 90.5 Å². The molecule has 2 fully saturated rings. The molecule has 83 heavy (non-hydrogen) atoms. The number of carboxylic acids is 1. The minimum atomic E-state index is -1.21. The van der Waals surface area contributed by atoms with E-state index in [0.717, 1.165) is 34.1 Å². The summed E-state index contributed by atoms with van der Waals surface area (Å²) in [5.41, 5.74) is 0.182. The Morgan fingerprint density at radius 3 is 1.61 bits per heavy atom. The van der Waals surface area contributed by atoms with Crippen LogP contribution in [0.1, 0.15) is 123 Å². The molecule has 8 amide bonds. The van der Waals surface area contributed by atoms with E-state index in [1.807, 2.05) is 20.8 Å². The number of hydrogen-bond acceptors (Lipinski definition) is 20. The van der Waals surface area contributed by atoms with Crippen molar-refractivity contribution in [2.24, 2.45) is 11.8 Å². The second kappa shape index (κ2) is 32.7. The predicted molar refractivity (Wildman–Crippen MR) is 295 cm³/mol. The number of hydrogen-bond donors (Lipinski definition) is 7. The first-order valence-corrected chi connectivity index (χ1v) is 26.9. The molecule has 0 aromatic heterocycles. The van der Waals surface area contributed by atoms with Gasteiger partial charge in [-0.2, -0.15) is 0 Å². The average Bonchev–Trinajstić information content (AvgIpc) is 4.47. The summed E-state index contributed by atoms with van der Waals surface area (Å²) in [7, 11) is 2.46. The molecule has 2 aromatic carbocycles. The molecule has 0 unspecified atom stereocenters. The summed E-state index contributed by atoms with van der Waals surface area (Å²) in [6, 6.07) is 12.0. The molecule has 0 saturated carbocycles. The van der Waals surface area contributed by atoms with Gasteiger partial charge in [0.1, 0.15) is 30.3 Å². The van der Waals surface area contributed by atoms with Gasteiger partial charge in [0.15, 0.2) is 0 Å². The van der Waals surface area contributed by atoms with Crippen LogP contribution in [0.5, 0.6) is 0 Å². The van der Waals surface area contributed by atoms with Gasteiger partial charge in [-0.05, 0) is 104 Å². The van der Waals surface area contributed by atoms with Gasteiger partial charge in [-0.1, -0.05) is 38.1 Å². The monoisotopic (exact) mass is 1170 g/mol. The fourth-order valence-electron chi connectivity index (χ4n) is 8.41. The Hall–Kier alpha value is -7.88. The lowest BCUT2D eigenvalue weighted by atomic mass is 10.0. The molecule has 7 N–H and O–H groups in total. The van der Waals surface area contributed by atoms with Crippen LogP contribution in [0.2, 0.25) is 0 Å². The van der Waals surface area contributed by atoms with Crippen molar-refractivity contribution < 1.29 is 91.8 Å². The first-order valence-electron chi connectivity index (χ1n) is 26.9. The van der Waals surface area contributed by atoms with Crippen molar-refractivity contribution in [2.75, 3.05) is 79.7 Å². The highest BCUT2D eigenvalue weighted by Gasteiger charge is 2.40. The number of fused-ring (bicyclic) bond motifs is 2. The molecule has 27 heteroatoms. The summed E-state index contributed by atoms with van der Waals surface area (Å²) in [5.74, 6) is -6.21. The van der Waals surface area contributed by atoms with Gasteiger partial charge >= 0.3 is 24.0 Å². The van der Waals surface area contributed by atoms with Crippen molar-refractivity contribution in [1.29, 1.82) is 0 Å². The van der Waals surface area contributed by atoms with Gasteiger partial charge in [0, 0.05) is 25.6 Å². The maximum atomic E-state index is 13.1. The van der Waals surface area contributed by atoms with Crippen molar-refractivity contribution in [2.45, 2.75) is 117 Å².